The molecule has 24 heavy (non-hydrogen) atoms. The van der Waals surface area contributed by atoms with Gasteiger partial charge in [0.2, 0.25) is 0 Å². The highest BCUT2D eigenvalue weighted by Crippen LogP contribution is 2.14. The number of urea groups is 1. The second-order valence-corrected chi connectivity index (χ2v) is 5.11. The number of halogens is 1. The number of benzene rings is 2. The van der Waals surface area contributed by atoms with Crippen LogP contribution in [0, 0.1) is 0 Å². The van der Waals surface area contributed by atoms with Gasteiger partial charge < -0.3 is 15.7 Å². The molecule has 3 amide bonds. The Morgan fingerprint density at radius 2 is 1.96 bits per heavy atom. The molecule has 0 fully saturated rings. The lowest BCUT2D eigenvalue weighted by atomic mass is 10.2. The van der Waals surface area contributed by atoms with Crippen LogP contribution in [0.5, 0.6) is 5.75 Å². The summed E-state index contributed by atoms with van der Waals surface area (Å²) in [6.07, 6.45) is 1.30. The van der Waals surface area contributed by atoms with Crippen molar-refractivity contribution in [3.63, 3.8) is 0 Å². The molecule has 0 spiro atoms. The molecule has 7 nitrogen and oxygen atoms in total. The van der Waals surface area contributed by atoms with Crippen molar-refractivity contribution >= 4 is 35.4 Å². The maximum Gasteiger partial charge on any atom is 0.319 e. The summed E-state index contributed by atoms with van der Waals surface area (Å²) in [5, 5.41) is 18.6. The minimum atomic E-state index is -0.544. The minimum absolute atomic E-state index is 0.0505. The summed E-state index contributed by atoms with van der Waals surface area (Å²) in [6, 6.07) is 12.6. The van der Waals surface area contributed by atoms with Crippen molar-refractivity contribution in [2.45, 2.75) is 0 Å². The van der Waals surface area contributed by atoms with Gasteiger partial charge in [0, 0.05) is 16.3 Å². The number of anilines is 1. The van der Waals surface area contributed by atoms with Crippen molar-refractivity contribution in [1.82, 2.24) is 10.7 Å². The van der Waals surface area contributed by atoms with E-state index in [0.29, 0.717) is 16.3 Å². The topological polar surface area (TPSA) is 103 Å². The lowest BCUT2D eigenvalue weighted by molar-refractivity contribution is -0.120. The highest BCUT2D eigenvalue weighted by Gasteiger charge is 2.05. The number of aromatic hydroxyl groups is 1. The Labute approximate surface area is 143 Å². The predicted octanol–water partition coefficient (Wildman–Crippen LogP) is 2.32. The van der Waals surface area contributed by atoms with Gasteiger partial charge in [0.1, 0.15) is 12.3 Å². The maximum atomic E-state index is 11.7. The summed E-state index contributed by atoms with van der Waals surface area (Å²) in [5.74, 6) is -0.461. The number of nitrogens with one attached hydrogen (secondary N) is 3. The first-order valence-corrected chi connectivity index (χ1v) is 7.33. The molecular weight excluding hydrogens is 332 g/mol. The highest BCUT2D eigenvalue weighted by atomic mass is 35.5. The fourth-order valence-electron chi connectivity index (χ4n) is 1.71. The minimum Gasteiger partial charge on any atom is -0.507 e. The van der Waals surface area contributed by atoms with Crippen LogP contribution in [0.15, 0.2) is 53.6 Å². The molecule has 0 saturated heterocycles. The molecule has 2 aromatic carbocycles. The van der Waals surface area contributed by atoms with E-state index in [-0.39, 0.29) is 12.3 Å². The molecule has 0 aliphatic heterocycles. The number of hydrogen-bond acceptors (Lipinski definition) is 4. The zero-order chi connectivity index (χ0) is 17.4. The number of hydrogen-bond donors (Lipinski definition) is 4. The summed E-state index contributed by atoms with van der Waals surface area (Å²) >= 11 is 5.81. The van der Waals surface area contributed by atoms with Crippen LogP contribution in [0.3, 0.4) is 0 Å². The molecule has 8 heteroatoms. The molecule has 2 rings (SSSR count). The van der Waals surface area contributed by atoms with Crippen LogP contribution in [0.2, 0.25) is 5.02 Å². The number of carbonyl (C=O) groups is 2. The van der Waals surface area contributed by atoms with Crippen molar-refractivity contribution in [3.8, 4) is 5.75 Å². The monoisotopic (exact) mass is 346 g/mol. The lowest BCUT2D eigenvalue weighted by Gasteiger charge is -2.07. The standard InChI is InChI=1S/C16H15ClN4O3/c17-12-5-3-6-13(8-12)20-16(24)18-10-15(23)21-19-9-11-4-1-2-7-14(11)22/h1-9,22H,10H2,(H,21,23)(H2,18,20,24)/b19-9+. The van der Waals surface area contributed by atoms with E-state index in [0.717, 1.165) is 0 Å². The van der Waals surface area contributed by atoms with E-state index in [2.05, 4.69) is 21.2 Å². The van der Waals surface area contributed by atoms with Crippen LogP contribution in [-0.2, 0) is 4.79 Å². The van der Waals surface area contributed by atoms with Crippen LogP contribution >= 0.6 is 11.6 Å². The Bertz CT molecular complexity index is 764. The van der Waals surface area contributed by atoms with Crippen LogP contribution in [-0.4, -0.2) is 29.8 Å². The number of nitrogens with zero attached hydrogens (tertiary/aromatic N) is 1. The van der Waals surface area contributed by atoms with Gasteiger partial charge in [-0.2, -0.15) is 5.10 Å². The maximum absolute atomic E-state index is 11.7. The Hall–Kier alpha value is -3.06. The molecule has 0 unspecified atom stereocenters. The zero-order valence-corrected chi connectivity index (χ0v) is 13.2. The molecule has 2 aromatic rings. The smallest absolute Gasteiger partial charge is 0.319 e. The molecule has 0 bridgehead atoms. The Balaban J connectivity index is 1.75. The molecule has 124 valence electrons. The fraction of sp³-hybridized carbons (Fsp3) is 0.0625. The molecule has 0 aliphatic rings. The highest BCUT2D eigenvalue weighted by molar-refractivity contribution is 6.30. The number of rotatable bonds is 5. The molecule has 0 aliphatic carbocycles. The van der Waals surface area contributed by atoms with Gasteiger partial charge in [0.15, 0.2) is 0 Å². The summed E-state index contributed by atoms with van der Waals surface area (Å²) in [5.41, 5.74) is 3.22. The summed E-state index contributed by atoms with van der Waals surface area (Å²) in [7, 11) is 0. The van der Waals surface area contributed by atoms with E-state index in [1.807, 2.05) is 0 Å². The lowest BCUT2D eigenvalue weighted by Crippen LogP contribution is -2.37. The SMILES string of the molecule is O=C(CNC(=O)Nc1cccc(Cl)c1)N/N=C/c1ccccc1O. The zero-order valence-electron chi connectivity index (χ0n) is 12.5. The predicted molar refractivity (Wildman–Crippen MR) is 92.3 cm³/mol. The number of carbonyl (C=O) groups excluding carboxylic acids is 2. The third kappa shape index (κ3) is 5.62. The molecule has 0 radical (unpaired) electrons. The van der Waals surface area contributed by atoms with E-state index >= 15 is 0 Å². The average molecular weight is 347 g/mol. The Morgan fingerprint density at radius 1 is 1.17 bits per heavy atom. The van der Waals surface area contributed by atoms with Crippen LogP contribution in [0.4, 0.5) is 10.5 Å². The Morgan fingerprint density at radius 3 is 2.71 bits per heavy atom. The van der Waals surface area contributed by atoms with Gasteiger partial charge in [-0.1, -0.05) is 29.8 Å². The largest absolute Gasteiger partial charge is 0.507 e. The van der Waals surface area contributed by atoms with Gasteiger partial charge in [-0.15, -0.1) is 0 Å². The van der Waals surface area contributed by atoms with Gasteiger partial charge in [0.25, 0.3) is 5.91 Å². The summed E-state index contributed by atoms with van der Waals surface area (Å²) in [6.45, 7) is -0.259. The van der Waals surface area contributed by atoms with Crippen molar-refractivity contribution in [2.75, 3.05) is 11.9 Å². The fourth-order valence-corrected chi connectivity index (χ4v) is 1.90. The first kappa shape index (κ1) is 17.3. The van der Waals surface area contributed by atoms with Gasteiger partial charge in [0.05, 0.1) is 6.21 Å². The first-order chi connectivity index (χ1) is 11.5. The van der Waals surface area contributed by atoms with Crippen LogP contribution < -0.4 is 16.1 Å². The van der Waals surface area contributed by atoms with Gasteiger partial charge in [-0.25, -0.2) is 10.2 Å². The van der Waals surface area contributed by atoms with E-state index < -0.39 is 11.9 Å². The van der Waals surface area contributed by atoms with Crippen LogP contribution in [0.25, 0.3) is 0 Å². The molecular formula is C16H15ClN4O3. The van der Waals surface area contributed by atoms with E-state index in [4.69, 9.17) is 11.6 Å². The second-order valence-electron chi connectivity index (χ2n) is 4.67. The first-order valence-electron chi connectivity index (χ1n) is 6.95. The molecule has 0 saturated carbocycles. The summed E-state index contributed by atoms with van der Waals surface area (Å²) in [4.78, 5) is 23.2. The molecule has 4 N–H and O–H groups in total. The second kappa shape index (κ2) is 8.54. The van der Waals surface area contributed by atoms with Crippen molar-refractivity contribution in [1.29, 1.82) is 0 Å². The van der Waals surface area contributed by atoms with E-state index in [1.54, 1.807) is 42.5 Å². The van der Waals surface area contributed by atoms with Crippen LogP contribution in [0.1, 0.15) is 5.56 Å². The van der Waals surface area contributed by atoms with E-state index in [1.165, 1.54) is 12.3 Å². The third-order valence-electron chi connectivity index (χ3n) is 2.82. The number of phenols is 1. The van der Waals surface area contributed by atoms with Crippen molar-refractivity contribution in [2.24, 2.45) is 5.10 Å². The number of hydrazone groups is 1. The van der Waals surface area contributed by atoms with Gasteiger partial charge in [-0.3, -0.25) is 4.79 Å². The average Bonchev–Trinajstić information content (AvgIpc) is 2.55. The molecule has 0 aromatic heterocycles. The van der Waals surface area contributed by atoms with Crippen molar-refractivity contribution < 1.29 is 14.7 Å². The number of phenolic OH excluding ortho intramolecular Hbond substituents is 1. The Kier molecular flexibility index (Phi) is 6.16. The van der Waals surface area contributed by atoms with Gasteiger partial charge in [-0.05, 0) is 30.3 Å². The number of para-hydroxylation sites is 1. The summed E-state index contributed by atoms with van der Waals surface area (Å²) < 4.78 is 0. The number of amides is 3. The normalized spacial score (nSPS) is 10.4. The van der Waals surface area contributed by atoms with Crippen molar-refractivity contribution in [3.05, 3.63) is 59.1 Å². The van der Waals surface area contributed by atoms with Gasteiger partial charge >= 0.3 is 6.03 Å². The van der Waals surface area contributed by atoms with E-state index in [9.17, 15) is 14.7 Å². The third-order valence-corrected chi connectivity index (χ3v) is 3.06. The molecule has 0 heterocycles. The molecule has 0 atom stereocenters. The quantitative estimate of drug-likeness (QED) is 0.493.